The van der Waals surface area contributed by atoms with Crippen molar-refractivity contribution in [2.24, 2.45) is 0 Å². The molecule has 0 spiro atoms. The summed E-state index contributed by atoms with van der Waals surface area (Å²) in [5.74, 6) is -0.210. The predicted molar refractivity (Wildman–Crippen MR) is 119 cm³/mol. The average molecular weight is 452 g/mol. The van der Waals surface area contributed by atoms with E-state index in [0.717, 1.165) is 30.0 Å². The minimum Gasteiger partial charge on any atom is -0.478 e. The Bertz CT molecular complexity index is 923. The van der Waals surface area contributed by atoms with Crippen molar-refractivity contribution in [1.82, 2.24) is 9.62 Å². The molecule has 1 heterocycles. The van der Waals surface area contributed by atoms with Crippen LogP contribution >= 0.6 is 0 Å². The molecular formula is C22H33N3O5S. The standard InChI is InChI=1S/C22H33N3O5S/c1-4-18-22(27)24-17-12-15(2)20(13-19(17)30-18)31(28,29)25(3)14-21(26)23-16-10-8-6-5-7-9-11-16/h12-13,16,18H,4-11,14H2,1-3H3,(H,23,26)(H,24,27). The second-order valence-corrected chi connectivity index (χ2v) is 10.5. The molecule has 0 radical (unpaired) electrons. The molecule has 1 aromatic carbocycles. The molecule has 0 bridgehead atoms. The van der Waals surface area contributed by atoms with Gasteiger partial charge in [-0.15, -0.1) is 0 Å². The number of ether oxygens (including phenoxy) is 1. The summed E-state index contributed by atoms with van der Waals surface area (Å²) in [6.07, 6.45) is 7.47. The number of sulfonamides is 1. The van der Waals surface area contributed by atoms with Gasteiger partial charge >= 0.3 is 0 Å². The Hall–Kier alpha value is -2.13. The summed E-state index contributed by atoms with van der Waals surface area (Å²) in [6.45, 7) is 3.24. The van der Waals surface area contributed by atoms with Crippen LogP contribution < -0.4 is 15.4 Å². The molecule has 31 heavy (non-hydrogen) atoms. The van der Waals surface area contributed by atoms with E-state index < -0.39 is 16.1 Å². The Morgan fingerprint density at radius 1 is 1.19 bits per heavy atom. The van der Waals surface area contributed by atoms with Gasteiger partial charge in [-0.2, -0.15) is 4.31 Å². The molecule has 1 atom stereocenters. The van der Waals surface area contributed by atoms with Crippen LogP contribution in [0.5, 0.6) is 5.75 Å². The maximum atomic E-state index is 13.2. The van der Waals surface area contributed by atoms with Crippen LogP contribution in [0.3, 0.4) is 0 Å². The fraction of sp³-hybridized carbons (Fsp3) is 0.636. The average Bonchev–Trinajstić information content (AvgIpc) is 2.68. The molecule has 1 fully saturated rings. The van der Waals surface area contributed by atoms with E-state index in [-0.39, 0.29) is 29.3 Å². The van der Waals surface area contributed by atoms with Gasteiger partial charge in [-0.1, -0.05) is 39.0 Å². The van der Waals surface area contributed by atoms with Crippen molar-refractivity contribution in [1.29, 1.82) is 0 Å². The molecule has 3 rings (SSSR count). The highest BCUT2D eigenvalue weighted by molar-refractivity contribution is 7.89. The molecule has 172 valence electrons. The molecule has 1 aromatic rings. The molecule has 1 unspecified atom stereocenters. The summed E-state index contributed by atoms with van der Waals surface area (Å²) < 4.78 is 33.1. The summed E-state index contributed by atoms with van der Waals surface area (Å²) >= 11 is 0. The molecule has 8 nitrogen and oxygen atoms in total. The number of fused-ring (bicyclic) bond motifs is 1. The highest BCUT2D eigenvalue weighted by Gasteiger charge is 2.31. The fourth-order valence-electron chi connectivity index (χ4n) is 4.16. The highest BCUT2D eigenvalue weighted by atomic mass is 32.2. The predicted octanol–water partition coefficient (Wildman–Crippen LogP) is 2.95. The quantitative estimate of drug-likeness (QED) is 0.692. The minimum atomic E-state index is -3.91. The number of benzene rings is 1. The van der Waals surface area contributed by atoms with Gasteiger partial charge in [0.05, 0.1) is 17.1 Å². The largest absolute Gasteiger partial charge is 0.478 e. The third-order valence-electron chi connectivity index (χ3n) is 5.99. The maximum absolute atomic E-state index is 13.2. The zero-order valence-electron chi connectivity index (χ0n) is 18.6. The number of anilines is 1. The second-order valence-electron chi connectivity index (χ2n) is 8.49. The van der Waals surface area contributed by atoms with Crippen molar-refractivity contribution in [3.05, 3.63) is 17.7 Å². The zero-order chi connectivity index (χ0) is 22.6. The molecule has 1 aliphatic heterocycles. The summed E-state index contributed by atoms with van der Waals surface area (Å²) in [7, 11) is -2.50. The van der Waals surface area contributed by atoms with Crippen molar-refractivity contribution in [3.8, 4) is 5.75 Å². The van der Waals surface area contributed by atoms with E-state index in [2.05, 4.69) is 10.6 Å². The molecule has 2 amide bonds. The van der Waals surface area contributed by atoms with Crippen molar-refractivity contribution < 1.29 is 22.7 Å². The Morgan fingerprint density at radius 3 is 2.48 bits per heavy atom. The molecule has 0 saturated heterocycles. The van der Waals surface area contributed by atoms with Gasteiger partial charge < -0.3 is 15.4 Å². The van der Waals surface area contributed by atoms with E-state index in [9.17, 15) is 18.0 Å². The maximum Gasteiger partial charge on any atom is 0.265 e. The minimum absolute atomic E-state index is 0.0681. The molecule has 1 saturated carbocycles. The van der Waals surface area contributed by atoms with Gasteiger partial charge in [0.1, 0.15) is 5.75 Å². The number of hydrogen-bond donors (Lipinski definition) is 2. The Labute approximate surface area is 184 Å². The lowest BCUT2D eigenvalue weighted by molar-refractivity contribution is -0.123. The van der Waals surface area contributed by atoms with Gasteiger partial charge in [0.2, 0.25) is 15.9 Å². The Morgan fingerprint density at radius 2 is 1.84 bits per heavy atom. The zero-order valence-corrected chi connectivity index (χ0v) is 19.4. The number of amides is 2. The van der Waals surface area contributed by atoms with E-state index in [1.807, 2.05) is 6.92 Å². The van der Waals surface area contributed by atoms with Crippen molar-refractivity contribution in [2.75, 3.05) is 18.9 Å². The number of nitrogens with zero attached hydrogens (tertiary/aromatic N) is 1. The molecule has 2 N–H and O–H groups in total. The summed E-state index contributed by atoms with van der Waals surface area (Å²) in [5.41, 5.74) is 0.931. The summed E-state index contributed by atoms with van der Waals surface area (Å²) in [4.78, 5) is 24.6. The third-order valence-corrected chi connectivity index (χ3v) is 7.94. The fourth-order valence-corrected chi connectivity index (χ4v) is 5.50. The van der Waals surface area contributed by atoms with Gasteiger partial charge in [0.15, 0.2) is 6.10 Å². The number of rotatable bonds is 6. The van der Waals surface area contributed by atoms with Gasteiger partial charge in [-0.25, -0.2) is 8.42 Å². The second kappa shape index (κ2) is 9.99. The lowest BCUT2D eigenvalue weighted by Crippen LogP contribution is -2.43. The van der Waals surface area contributed by atoms with Gasteiger partial charge in [0, 0.05) is 19.2 Å². The summed E-state index contributed by atoms with van der Waals surface area (Å²) in [6, 6.07) is 3.14. The number of likely N-dealkylation sites (N-methyl/N-ethyl adjacent to an activating group) is 1. The van der Waals surface area contributed by atoms with Gasteiger partial charge in [-0.05, 0) is 37.8 Å². The highest BCUT2D eigenvalue weighted by Crippen LogP contribution is 2.35. The van der Waals surface area contributed by atoms with Crippen LogP contribution in [0.15, 0.2) is 17.0 Å². The number of carbonyl (C=O) groups is 2. The van der Waals surface area contributed by atoms with E-state index in [1.54, 1.807) is 13.0 Å². The lowest BCUT2D eigenvalue weighted by atomic mass is 9.97. The van der Waals surface area contributed by atoms with Crippen LogP contribution in [0.25, 0.3) is 0 Å². The Balaban J connectivity index is 1.71. The van der Waals surface area contributed by atoms with Crippen molar-refractivity contribution >= 4 is 27.5 Å². The topological polar surface area (TPSA) is 105 Å². The third kappa shape index (κ3) is 5.57. The van der Waals surface area contributed by atoms with E-state index in [0.29, 0.717) is 23.4 Å². The van der Waals surface area contributed by atoms with Crippen LogP contribution in [-0.2, 0) is 19.6 Å². The summed E-state index contributed by atoms with van der Waals surface area (Å²) in [5, 5.41) is 5.77. The van der Waals surface area contributed by atoms with Crippen molar-refractivity contribution in [3.63, 3.8) is 0 Å². The first kappa shape index (κ1) is 23.5. The van der Waals surface area contributed by atoms with Crippen molar-refractivity contribution in [2.45, 2.75) is 82.3 Å². The number of nitrogens with one attached hydrogen (secondary N) is 2. The van der Waals surface area contributed by atoms with Crippen LogP contribution in [0.1, 0.15) is 63.9 Å². The lowest BCUT2D eigenvalue weighted by Gasteiger charge is -2.27. The van der Waals surface area contributed by atoms with Crippen LogP contribution in [0, 0.1) is 6.92 Å². The number of aryl methyl sites for hydroxylation is 1. The number of hydrogen-bond acceptors (Lipinski definition) is 5. The molecular weight excluding hydrogens is 418 g/mol. The molecule has 1 aliphatic carbocycles. The monoisotopic (exact) mass is 451 g/mol. The van der Waals surface area contributed by atoms with E-state index in [4.69, 9.17) is 4.74 Å². The molecule has 2 aliphatic rings. The number of carbonyl (C=O) groups excluding carboxylic acids is 2. The first-order valence-corrected chi connectivity index (χ1v) is 12.5. The van der Waals surface area contributed by atoms with E-state index in [1.165, 1.54) is 32.4 Å². The Kier molecular flexibility index (Phi) is 7.59. The van der Waals surface area contributed by atoms with Crippen LogP contribution in [0.4, 0.5) is 5.69 Å². The molecule has 0 aromatic heterocycles. The smallest absolute Gasteiger partial charge is 0.265 e. The first-order chi connectivity index (χ1) is 14.7. The van der Waals surface area contributed by atoms with Crippen LogP contribution in [-0.4, -0.2) is 50.3 Å². The van der Waals surface area contributed by atoms with Gasteiger partial charge in [-0.3, -0.25) is 9.59 Å². The first-order valence-electron chi connectivity index (χ1n) is 11.1. The SMILES string of the molecule is CCC1Oc2cc(S(=O)(=O)N(C)CC(=O)NC3CCCCCCC3)c(C)cc2NC1=O. The van der Waals surface area contributed by atoms with Gasteiger partial charge in [0.25, 0.3) is 5.91 Å². The van der Waals surface area contributed by atoms with E-state index >= 15 is 0 Å². The molecule has 9 heteroatoms. The van der Waals surface area contributed by atoms with Crippen LogP contribution in [0.2, 0.25) is 0 Å². The normalized spacial score (nSPS) is 20.3.